The molecule has 0 aliphatic carbocycles. The smallest absolute Gasteiger partial charge is 0.230 e. The molecule has 0 atom stereocenters. The number of thioether (sulfide) groups is 1. The number of hydrogen-bond acceptors (Lipinski definition) is 5. The van der Waals surface area contributed by atoms with E-state index in [9.17, 15) is 4.79 Å². The fourth-order valence-electron chi connectivity index (χ4n) is 2.88. The molecule has 1 N–H and O–H groups in total. The molecule has 0 radical (unpaired) electrons. The predicted molar refractivity (Wildman–Crippen MR) is 116 cm³/mol. The number of aromatic nitrogens is 3. The molecule has 3 aromatic rings. The molecule has 0 unspecified atom stereocenters. The van der Waals surface area contributed by atoms with E-state index in [4.69, 9.17) is 4.74 Å². The van der Waals surface area contributed by atoms with Gasteiger partial charge in [0, 0.05) is 18.7 Å². The molecule has 0 aliphatic heterocycles. The summed E-state index contributed by atoms with van der Waals surface area (Å²) in [5.74, 6) is 1.93. The highest BCUT2D eigenvalue weighted by molar-refractivity contribution is 7.99. The average Bonchev–Trinajstić information content (AvgIpc) is 3.18. The molecule has 2 aromatic carbocycles. The fraction of sp³-hybridized carbons (Fsp3) is 0.318. The number of aryl methyl sites for hydroxylation is 1. The van der Waals surface area contributed by atoms with E-state index in [1.54, 1.807) is 7.11 Å². The molecule has 0 fully saturated rings. The molecule has 1 aromatic heterocycles. The van der Waals surface area contributed by atoms with E-state index in [1.807, 2.05) is 49.4 Å². The zero-order valence-electron chi connectivity index (χ0n) is 16.8. The van der Waals surface area contributed by atoms with Gasteiger partial charge in [0.25, 0.3) is 0 Å². The maximum absolute atomic E-state index is 12.0. The van der Waals surface area contributed by atoms with Crippen molar-refractivity contribution < 1.29 is 9.53 Å². The lowest BCUT2D eigenvalue weighted by molar-refractivity contribution is -0.118. The van der Waals surface area contributed by atoms with Gasteiger partial charge in [-0.2, -0.15) is 0 Å². The Morgan fingerprint density at radius 2 is 1.86 bits per heavy atom. The van der Waals surface area contributed by atoms with Crippen LogP contribution in [-0.4, -0.2) is 40.1 Å². The molecule has 152 valence electrons. The zero-order valence-corrected chi connectivity index (χ0v) is 17.6. The van der Waals surface area contributed by atoms with Crippen molar-refractivity contribution in [2.45, 2.75) is 31.5 Å². The molecule has 7 heteroatoms. The Bertz CT molecular complexity index is 910. The third-order valence-electron chi connectivity index (χ3n) is 4.44. The van der Waals surface area contributed by atoms with E-state index >= 15 is 0 Å². The van der Waals surface area contributed by atoms with Crippen LogP contribution < -0.4 is 10.1 Å². The van der Waals surface area contributed by atoms with Crippen LogP contribution in [0.4, 0.5) is 0 Å². The molecule has 0 saturated heterocycles. The second kappa shape index (κ2) is 10.7. The number of nitrogens with zero attached hydrogens (tertiary/aromatic N) is 3. The van der Waals surface area contributed by atoms with Crippen LogP contribution in [-0.2, 0) is 17.8 Å². The summed E-state index contributed by atoms with van der Waals surface area (Å²) in [5.41, 5.74) is 2.21. The predicted octanol–water partition coefficient (Wildman–Crippen LogP) is 3.81. The van der Waals surface area contributed by atoms with Crippen LogP contribution in [0.15, 0.2) is 59.8 Å². The minimum Gasteiger partial charge on any atom is -0.497 e. The van der Waals surface area contributed by atoms with Crippen molar-refractivity contribution in [2.75, 3.05) is 19.4 Å². The summed E-state index contributed by atoms with van der Waals surface area (Å²) in [6, 6.07) is 18.1. The molecular weight excluding hydrogens is 384 g/mol. The van der Waals surface area contributed by atoms with Crippen molar-refractivity contribution in [2.24, 2.45) is 0 Å². The number of methoxy groups -OCH3 is 1. The highest BCUT2D eigenvalue weighted by atomic mass is 32.2. The van der Waals surface area contributed by atoms with E-state index < -0.39 is 0 Å². The second-order valence-corrected chi connectivity index (χ2v) is 7.50. The zero-order chi connectivity index (χ0) is 20.5. The van der Waals surface area contributed by atoms with Gasteiger partial charge >= 0.3 is 0 Å². The Balaban J connectivity index is 1.80. The van der Waals surface area contributed by atoms with Gasteiger partial charge in [0.15, 0.2) is 11.0 Å². The largest absolute Gasteiger partial charge is 0.497 e. The van der Waals surface area contributed by atoms with Crippen molar-refractivity contribution in [3.63, 3.8) is 0 Å². The van der Waals surface area contributed by atoms with Gasteiger partial charge in [-0.25, -0.2) is 0 Å². The first kappa shape index (κ1) is 20.9. The topological polar surface area (TPSA) is 69.0 Å². The van der Waals surface area contributed by atoms with Gasteiger partial charge < -0.3 is 14.6 Å². The summed E-state index contributed by atoms with van der Waals surface area (Å²) >= 11 is 1.42. The fourth-order valence-corrected chi connectivity index (χ4v) is 3.68. The van der Waals surface area contributed by atoms with Crippen LogP contribution in [0.1, 0.15) is 18.9 Å². The molecule has 0 saturated carbocycles. The Morgan fingerprint density at radius 3 is 2.55 bits per heavy atom. The van der Waals surface area contributed by atoms with Crippen molar-refractivity contribution in [3.05, 3.63) is 60.2 Å². The van der Waals surface area contributed by atoms with E-state index in [1.165, 1.54) is 17.3 Å². The molecule has 0 spiro atoms. The van der Waals surface area contributed by atoms with Gasteiger partial charge in [0.2, 0.25) is 5.91 Å². The summed E-state index contributed by atoms with van der Waals surface area (Å²) in [6.45, 7) is 3.46. The quantitative estimate of drug-likeness (QED) is 0.515. The molecule has 0 aliphatic rings. The van der Waals surface area contributed by atoms with Crippen molar-refractivity contribution in [1.29, 1.82) is 0 Å². The van der Waals surface area contributed by atoms with E-state index in [0.717, 1.165) is 41.7 Å². The first-order valence-corrected chi connectivity index (χ1v) is 10.7. The monoisotopic (exact) mass is 410 g/mol. The lowest BCUT2D eigenvalue weighted by Gasteiger charge is -2.11. The van der Waals surface area contributed by atoms with Gasteiger partial charge in [-0.15, -0.1) is 10.2 Å². The number of benzene rings is 2. The third-order valence-corrected chi connectivity index (χ3v) is 5.40. The standard InChI is InChI=1S/C22H26N4O2S/c1-3-14-23-20(27)16-29-22-25-24-21(18-9-11-19(28-2)12-10-18)26(22)15-13-17-7-5-4-6-8-17/h4-12H,3,13-16H2,1-2H3,(H,23,27). The number of nitrogens with one attached hydrogen (secondary N) is 1. The number of amides is 1. The van der Waals surface area contributed by atoms with Crippen LogP contribution in [0.5, 0.6) is 5.75 Å². The minimum atomic E-state index is 0.0143. The first-order chi connectivity index (χ1) is 14.2. The van der Waals surface area contributed by atoms with Crippen LogP contribution in [0.25, 0.3) is 11.4 Å². The number of carbonyl (C=O) groups is 1. The molecule has 29 heavy (non-hydrogen) atoms. The van der Waals surface area contributed by atoms with E-state index in [-0.39, 0.29) is 5.91 Å². The first-order valence-electron chi connectivity index (χ1n) is 9.72. The molecule has 3 rings (SSSR count). The summed E-state index contributed by atoms with van der Waals surface area (Å²) in [7, 11) is 1.65. The highest BCUT2D eigenvalue weighted by Crippen LogP contribution is 2.26. The lowest BCUT2D eigenvalue weighted by atomic mass is 10.1. The maximum atomic E-state index is 12.0. The van der Waals surface area contributed by atoms with E-state index in [0.29, 0.717) is 12.3 Å². The van der Waals surface area contributed by atoms with Gasteiger partial charge in [0.1, 0.15) is 5.75 Å². The van der Waals surface area contributed by atoms with Gasteiger partial charge in [-0.05, 0) is 42.7 Å². The number of carbonyl (C=O) groups excluding carboxylic acids is 1. The average molecular weight is 411 g/mol. The Kier molecular flexibility index (Phi) is 7.69. The summed E-state index contributed by atoms with van der Waals surface area (Å²) in [6.07, 6.45) is 1.78. The maximum Gasteiger partial charge on any atom is 0.230 e. The van der Waals surface area contributed by atoms with Crippen molar-refractivity contribution in [3.8, 4) is 17.1 Å². The summed E-state index contributed by atoms with van der Waals surface area (Å²) < 4.78 is 7.34. The molecular formula is C22H26N4O2S. The summed E-state index contributed by atoms with van der Waals surface area (Å²) in [5, 5.41) is 12.4. The summed E-state index contributed by atoms with van der Waals surface area (Å²) in [4.78, 5) is 12.0. The molecule has 1 heterocycles. The Labute approximate surface area is 175 Å². The number of ether oxygens (including phenoxy) is 1. The van der Waals surface area contributed by atoms with Gasteiger partial charge in [-0.3, -0.25) is 4.79 Å². The normalized spacial score (nSPS) is 10.7. The van der Waals surface area contributed by atoms with Crippen LogP contribution in [0.3, 0.4) is 0 Å². The number of hydrogen-bond donors (Lipinski definition) is 1. The minimum absolute atomic E-state index is 0.0143. The Hall–Kier alpha value is -2.80. The lowest BCUT2D eigenvalue weighted by Crippen LogP contribution is -2.25. The number of rotatable bonds is 10. The van der Waals surface area contributed by atoms with Gasteiger partial charge in [-0.1, -0.05) is 49.0 Å². The Morgan fingerprint density at radius 1 is 1.10 bits per heavy atom. The highest BCUT2D eigenvalue weighted by Gasteiger charge is 2.16. The molecule has 1 amide bonds. The molecule has 6 nitrogen and oxygen atoms in total. The van der Waals surface area contributed by atoms with Crippen LogP contribution in [0, 0.1) is 0 Å². The van der Waals surface area contributed by atoms with E-state index in [2.05, 4.69) is 32.2 Å². The van der Waals surface area contributed by atoms with Crippen molar-refractivity contribution in [1.82, 2.24) is 20.1 Å². The van der Waals surface area contributed by atoms with Crippen LogP contribution >= 0.6 is 11.8 Å². The SMILES string of the molecule is CCCNC(=O)CSc1nnc(-c2ccc(OC)cc2)n1CCc1ccccc1. The molecule has 0 bridgehead atoms. The third kappa shape index (κ3) is 5.84. The second-order valence-electron chi connectivity index (χ2n) is 6.56. The van der Waals surface area contributed by atoms with Crippen LogP contribution in [0.2, 0.25) is 0 Å². The van der Waals surface area contributed by atoms with Gasteiger partial charge in [0.05, 0.1) is 12.9 Å². The van der Waals surface area contributed by atoms with Crippen molar-refractivity contribution >= 4 is 17.7 Å².